The maximum Gasteiger partial charge on any atom is 0.339 e. The maximum atomic E-state index is 12.4. The van der Waals surface area contributed by atoms with Gasteiger partial charge < -0.3 is 14.5 Å². The van der Waals surface area contributed by atoms with E-state index >= 15 is 0 Å². The summed E-state index contributed by atoms with van der Waals surface area (Å²) < 4.78 is 10.6. The van der Waals surface area contributed by atoms with Gasteiger partial charge in [-0.25, -0.2) is 4.79 Å². The molecule has 2 aromatic carbocycles. The van der Waals surface area contributed by atoms with Crippen molar-refractivity contribution in [2.75, 3.05) is 12.4 Å². The largest absolute Gasteiger partial charge is 0.497 e. The van der Waals surface area contributed by atoms with Gasteiger partial charge in [-0.2, -0.15) is 0 Å². The van der Waals surface area contributed by atoms with Crippen LogP contribution in [0.3, 0.4) is 0 Å². The van der Waals surface area contributed by atoms with Crippen LogP contribution in [-0.2, 0) is 11.2 Å². The van der Waals surface area contributed by atoms with Crippen molar-refractivity contribution in [2.45, 2.75) is 33.6 Å². The molecule has 0 aliphatic rings. The number of carbonyl (C=O) groups excluding carboxylic acids is 1. The molecule has 0 saturated carbocycles. The van der Waals surface area contributed by atoms with Crippen LogP contribution in [0.4, 0.5) is 5.69 Å². The first-order valence-corrected chi connectivity index (χ1v) is 8.86. The quantitative estimate of drug-likeness (QED) is 0.685. The van der Waals surface area contributed by atoms with E-state index in [4.69, 9.17) is 9.15 Å². The third-order valence-electron chi connectivity index (χ3n) is 4.60. The summed E-state index contributed by atoms with van der Waals surface area (Å²) >= 11 is 0. The summed E-state index contributed by atoms with van der Waals surface area (Å²) in [5.41, 5.74) is 4.39. The minimum atomic E-state index is -0.410. The van der Waals surface area contributed by atoms with Crippen LogP contribution in [-0.4, -0.2) is 13.0 Å². The Morgan fingerprint density at radius 2 is 1.78 bits per heavy atom. The van der Waals surface area contributed by atoms with Crippen molar-refractivity contribution in [1.29, 1.82) is 0 Å². The van der Waals surface area contributed by atoms with E-state index in [1.165, 1.54) is 0 Å². The summed E-state index contributed by atoms with van der Waals surface area (Å²) in [5, 5.41) is 3.74. The highest BCUT2D eigenvalue weighted by Crippen LogP contribution is 2.24. The third kappa shape index (κ3) is 4.19. The number of amides is 1. The SMILES string of the molecule is COc1ccc2c(C)c(CCC(=O)Nc3cc(C)cc(C)c3)c(=O)oc2c1. The smallest absolute Gasteiger partial charge is 0.339 e. The Balaban J connectivity index is 1.78. The zero-order valence-corrected chi connectivity index (χ0v) is 16.0. The highest BCUT2D eigenvalue weighted by Gasteiger charge is 2.14. The molecule has 0 unspecified atom stereocenters. The highest BCUT2D eigenvalue weighted by molar-refractivity contribution is 5.91. The average molecular weight is 365 g/mol. The average Bonchev–Trinajstić information content (AvgIpc) is 2.60. The molecule has 140 valence electrons. The van der Waals surface area contributed by atoms with Gasteiger partial charge in [-0.3, -0.25) is 4.79 Å². The zero-order valence-electron chi connectivity index (χ0n) is 16.0. The lowest BCUT2D eigenvalue weighted by molar-refractivity contribution is -0.116. The van der Waals surface area contributed by atoms with Gasteiger partial charge in [0.25, 0.3) is 0 Å². The number of methoxy groups -OCH3 is 1. The lowest BCUT2D eigenvalue weighted by Crippen LogP contribution is -2.16. The number of fused-ring (bicyclic) bond motifs is 1. The molecule has 0 saturated heterocycles. The standard InChI is InChI=1S/C22H23NO4/c1-13-9-14(2)11-16(10-13)23-21(24)8-7-19-15(3)18-6-5-17(26-4)12-20(18)27-22(19)25/h5-6,9-12H,7-8H2,1-4H3,(H,23,24). The topological polar surface area (TPSA) is 68.5 Å². The fourth-order valence-corrected chi connectivity index (χ4v) is 3.30. The van der Waals surface area contributed by atoms with Crippen LogP contribution >= 0.6 is 0 Å². The van der Waals surface area contributed by atoms with Crippen LogP contribution in [0.1, 0.15) is 28.7 Å². The second-order valence-corrected chi connectivity index (χ2v) is 6.78. The molecule has 1 heterocycles. The van der Waals surface area contributed by atoms with Crippen LogP contribution in [0.15, 0.2) is 45.6 Å². The molecule has 0 aliphatic heterocycles. The van der Waals surface area contributed by atoms with Gasteiger partial charge in [0.05, 0.1) is 7.11 Å². The van der Waals surface area contributed by atoms with Gasteiger partial charge in [0, 0.05) is 29.1 Å². The predicted molar refractivity (Wildman–Crippen MR) is 107 cm³/mol. The van der Waals surface area contributed by atoms with Gasteiger partial charge in [0.2, 0.25) is 5.91 Å². The van der Waals surface area contributed by atoms with Crippen LogP contribution in [0.5, 0.6) is 5.75 Å². The monoisotopic (exact) mass is 365 g/mol. The minimum Gasteiger partial charge on any atom is -0.497 e. The van der Waals surface area contributed by atoms with E-state index in [0.717, 1.165) is 27.8 Å². The fourth-order valence-electron chi connectivity index (χ4n) is 3.30. The van der Waals surface area contributed by atoms with Crippen LogP contribution in [0, 0.1) is 20.8 Å². The number of aryl methyl sites for hydroxylation is 3. The second-order valence-electron chi connectivity index (χ2n) is 6.78. The Hall–Kier alpha value is -3.08. The number of hydrogen-bond donors (Lipinski definition) is 1. The summed E-state index contributed by atoms with van der Waals surface area (Å²) in [4.78, 5) is 24.7. The fraction of sp³-hybridized carbons (Fsp3) is 0.273. The second kappa shape index (κ2) is 7.66. The lowest BCUT2D eigenvalue weighted by Gasteiger charge is -2.10. The van der Waals surface area contributed by atoms with Crippen LogP contribution in [0.25, 0.3) is 11.0 Å². The van der Waals surface area contributed by atoms with E-state index in [1.54, 1.807) is 13.2 Å². The van der Waals surface area contributed by atoms with Gasteiger partial charge in [-0.1, -0.05) is 6.07 Å². The normalized spacial score (nSPS) is 10.8. The number of nitrogens with one attached hydrogen (secondary N) is 1. The molecule has 1 amide bonds. The number of hydrogen-bond acceptors (Lipinski definition) is 4. The van der Waals surface area contributed by atoms with Crippen molar-refractivity contribution in [3.05, 3.63) is 69.1 Å². The molecule has 0 fully saturated rings. The van der Waals surface area contributed by atoms with Crippen LogP contribution < -0.4 is 15.7 Å². The molecule has 0 aliphatic carbocycles. The molecular formula is C22H23NO4. The van der Waals surface area contributed by atoms with E-state index < -0.39 is 5.63 Å². The first-order chi connectivity index (χ1) is 12.9. The molecule has 0 atom stereocenters. The Morgan fingerprint density at radius 3 is 2.44 bits per heavy atom. The van der Waals surface area contributed by atoms with Gasteiger partial charge in [-0.05, 0) is 68.1 Å². The molecule has 5 nitrogen and oxygen atoms in total. The molecule has 5 heteroatoms. The first kappa shape index (κ1) is 18.7. The van der Waals surface area contributed by atoms with Crippen LogP contribution in [0.2, 0.25) is 0 Å². The van der Waals surface area contributed by atoms with E-state index in [2.05, 4.69) is 5.32 Å². The molecule has 1 N–H and O–H groups in total. The molecule has 27 heavy (non-hydrogen) atoms. The molecule has 0 bridgehead atoms. The number of ether oxygens (including phenoxy) is 1. The van der Waals surface area contributed by atoms with E-state index in [0.29, 0.717) is 23.3 Å². The summed E-state index contributed by atoms with van der Waals surface area (Å²) in [6.45, 7) is 5.85. The zero-order chi connectivity index (χ0) is 19.6. The summed E-state index contributed by atoms with van der Waals surface area (Å²) in [7, 11) is 1.56. The molecule has 1 aromatic heterocycles. The molecule has 0 spiro atoms. The Kier molecular flexibility index (Phi) is 5.31. The third-order valence-corrected chi connectivity index (χ3v) is 4.60. The van der Waals surface area contributed by atoms with Gasteiger partial charge in [0.1, 0.15) is 11.3 Å². The van der Waals surface area contributed by atoms with Crippen molar-refractivity contribution < 1.29 is 13.9 Å². The van der Waals surface area contributed by atoms with Crippen molar-refractivity contribution in [3.63, 3.8) is 0 Å². The van der Waals surface area contributed by atoms with Gasteiger partial charge in [0.15, 0.2) is 0 Å². The molecule has 0 radical (unpaired) electrons. The van der Waals surface area contributed by atoms with Crippen molar-refractivity contribution in [3.8, 4) is 5.75 Å². The summed E-state index contributed by atoms with van der Waals surface area (Å²) in [5.74, 6) is 0.499. The number of rotatable bonds is 5. The number of carbonyl (C=O) groups is 1. The lowest BCUT2D eigenvalue weighted by atomic mass is 10.0. The Morgan fingerprint density at radius 1 is 1.07 bits per heavy atom. The predicted octanol–water partition coefficient (Wildman–Crippen LogP) is 4.30. The maximum absolute atomic E-state index is 12.4. The van der Waals surface area contributed by atoms with E-state index in [-0.39, 0.29) is 12.3 Å². The Bertz CT molecular complexity index is 1050. The summed E-state index contributed by atoms with van der Waals surface area (Å²) in [6, 6.07) is 11.3. The number of anilines is 1. The Labute approximate surface area is 158 Å². The molecule has 3 aromatic rings. The van der Waals surface area contributed by atoms with Crippen molar-refractivity contribution >= 4 is 22.6 Å². The minimum absolute atomic E-state index is 0.131. The van der Waals surface area contributed by atoms with Crippen molar-refractivity contribution in [2.24, 2.45) is 0 Å². The van der Waals surface area contributed by atoms with E-state index in [1.807, 2.05) is 51.1 Å². The van der Waals surface area contributed by atoms with E-state index in [9.17, 15) is 9.59 Å². The van der Waals surface area contributed by atoms with Gasteiger partial charge >= 0.3 is 5.63 Å². The highest BCUT2D eigenvalue weighted by atomic mass is 16.5. The van der Waals surface area contributed by atoms with Gasteiger partial charge in [-0.15, -0.1) is 0 Å². The van der Waals surface area contributed by atoms with Crippen molar-refractivity contribution in [1.82, 2.24) is 0 Å². The summed E-state index contributed by atoms with van der Waals surface area (Å²) in [6.07, 6.45) is 0.535. The number of benzene rings is 2. The molecular weight excluding hydrogens is 342 g/mol. The first-order valence-electron chi connectivity index (χ1n) is 8.86. The molecule has 3 rings (SSSR count).